The Kier molecular flexibility index (Phi) is 6.33. The third-order valence-corrected chi connectivity index (χ3v) is 6.95. The highest BCUT2D eigenvalue weighted by Gasteiger charge is 2.24. The van der Waals surface area contributed by atoms with Gasteiger partial charge in [-0.05, 0) is 67.4 Å². The van der Waals surface area contributed by atoms with E-state index in [4.69, 9.17) is 0 Å². The molecule has 0 aliphatic carbocycles. The van der Waals surface area contributed by atoms with Crippen molar-refractivity contribution in [1.82, 2.24) is 10.2 Å². The Hall–Kier alpha value is -1.85. The fraction of sp³-hybridized carbons (Fsp3) is 0.522. The fourth-order valence-corrected chi connectivity index (χ4v) is 5.25. The molecule has 150 valence electrons. The van der Waals surface area contributed by atoms with E-state index in [9.17, 15) is 4.79 Å². The molecule has 0 radical (unpaired) electrons. The van der Waals surface area contributed by atoms with Crippen LogP contribution in [-0.4, -0.2) is 44.0 Å². The number of hydrogen-bond donors (Lipinski definition) is 1. The number of thiophene rings is 1. The molecular weight excluding hydrogens is 366 g/mol. The molecule has 1 N–H and O–H groups in total. The second kappa shape index (κ2) is 9.10. The van der Waals surface area contributed by atoms with Crippen LogP contribution in [0, 0.1) is 0 Å². The van der Waals surface area contributed by atoms with E-state index in [2.05, 4.69) is 40.4 Å². The molecule has 28 heavy (non-hydrogen) atoms. The molecule has 0 spiro atoms. The van der Waals surface area contributed by atoms with Gasteiger partial charge in [0.2, 0.25) is 5.91 Å². The highest BCUT2D eigenvalue weighted by molar-refractivity contribution is 7.10. The van der Waals surface area contributed by atoms with Crippen molar-refractivity contribution in [2.75, 3.05) is 38.1 Å². The Morgan fingerprint density at radius 2 is 2.00 bits per heavy atom. The first-order valence-corrected chi connectivity index (χ1v) is 11.5. The number of amides is 1. The van der Waals surface area contributed by atoms with Crippen molar-refractivity contribution in [2.45, 2.75) is 44.6 Å². The lowest BCUT2D eigenvalue weighted by Crippen LogP contribution is -2.41. The Morgan fingerprint density at radius 3 is 2.79 bits per heavy atom. The number of rotatable bonds is 6. The minimum Gasteiger partial charge on any atom is -0.374 e. The predicted molar refractivity (Wildman–Crippen MR) is 117 cm³/mol. The van der Waals surface area contributed by atoms with E-state index in [1.165, 1.54) is 42.5 Å². The summed E-state index contributed by atoms with van der Waals surface area (Å²) in [4.78, 5) is 18.5. The van der Waals surface area contributed by atoms with Gasteiger partial charge >= 0.3 is 0 Å². The average molecular weight is 398 g/mol. The maximum atomic E-state index is 12.5. The average Bonchev–Trinajstić information content (AvgIpc) is 3.22. The van der Waals surface area contributed by atoms with E-state index < -0.39 is 0 Å². The zero-order valence-electron chi connectivity index (χ0n) is 16.8. The van der Waals surface area contributed by atoms with Crippen LogP contribution < -0.4 is 10.2 Å². The van der Waals surface area contributed by atoms with E-state index in [-0.39, 0.29) is 11.9 Å². The Balaban J connectivity index is 1.49. The van der Waals surface area contributed by atoms with Crippen molar-refractivity contribution in [3.63, 3.8) is 0 Å². The fourth-order valence-electron chi connectivity index (χ4n) is 4.54. The van der Waals surface area contributed by atoms with Gasteiger partial charge in [0.05, 0.1) is 12.5 Å². The van der Waals surface area contributed by atoms with Gasteiger partial charge < -0.3 is 10.2 Å². The van der Waals surface area contributed by atoms with Crippen molar-refractivity contribution in [2.24, 2.45) is 0 Å². The summed E-state index contributed by atoms with van der Waals surface area (Å²) in [5, 5.41) is 5.25. The highest BCUT2D eigenvalue weighted by Crippen LogP contribution is 2.31. The molecule has 4 rings (SSSR count). The smallest absolute Gasteiger partial charge is 0.225 e. The van der Waals surface area contributed by atoms with E-state index in [0.717, 1.165) is 30.9 Å². The van der Waals surface area contributed by atoms with E-state index in [1.54, 1.807) is 11.3 Å². The molecule has 1 unspecified atom stereocenters. The normalized spacial score (nSPS) is 18.5. The van der Waals surface area contributed by atoms with Crippen LogP contribution >= 0.6 is 11.3 Å². The van der Waals surface area contributed by atoms with E-state index in [1.807, 2.05) is 17.5 Å². The first kappa shape index (κ1) is 19.5. The number of carbonyl (C=O) groups is 1. The minimum absolute atomic E-state index is 0.127. The summed E-state index contributed by atoms with van der Waals surface area (Å²) in [6.45, 7) is 4.09. The number of aryl methyl sites for hydroxylation is 1. The van der Waals surface area contributed by atoms with Gasteiger partial charge in [-0.2, -0.15) is 0 Å². The van der Waals surface area contributed by atoms with Crippen molar-refractivity contribution < 1.29 is 4.79 Å². The standard InChI is InChI=1S/C23H31N3OS/c1-25-11-5-7-18-15-19(9-10-21(18)25)22(26-12-3-2-4-13-26)17-24-23(27)16-20-8-6-14-28-20/h6,8-10,14-15,22H,2-5,7,11-13,16-17H2,1H3,(H,24,27). The first-order chi connectivity index (χ1) is 13.7. The molecule has 1 fully saturated rings. The van der Waals surface area contributed by atoms with Crippen LogP contribution in [0.2, 0.25) is 0 Å². The number of anilines is 1. The van der Waals surface area contributed by atoms with Crippen LogP contribution in [-0.2, 0) is 17.6 Å². The minimum atomic E-state index is 0.127. The Bertz CT molecular complexity index is 783. The first-order valence-electron chi connectivity index (χ1n) is 10.6. The maximum absolute atomic E-state index is 12.5. The second-order valence-electron chi connectivity index (χ2n) is 8.09. The topological polar surface area (TPSA) is 35.6 Å². The summed E-state index contributed by atoms with van der Waals surface area (Å²) >= 11 is 1.65. The van der Waals surface area contributed by atoms with Crippen LogP contribution in [0.1, 0.15) is 47.7 Å². The van der Waals surface area contributed by atoms with Gasteiger partial charge in [0.25, 0.3) is 0 Å². The number of nitrogens with one attached hydrogen (secondary N) is 1. The van der Waals surface area contributed by atoms with Gasteiger partial charge in [-0.3, -0.25) is 9.69 Å². The van der Waals surface area contributed by atoms with Gasteiger partial charge in [0.1, 0.15) is 0 Å². The second-order valence-corrected chi connectivity index (χ2v) is 9.12. The summed E-state index contributed by atoms with van der Waals surface area (Å²) in [7, 11) is 2.19. The molecule has 2 aromatic rings. The van der Waals surface area contributed by atoms with Crippen LogP contribution in [0.5, 0.6) is 0 Å². The quantitative estimate of drug-likeness (QED) is 0.800. The van der Waals surface area contributed by atoms with Gasteiger partial charge in [-0.25, -0.2) is 0 Å². The van der Waals surface area contributed by atoms with Gasteiger partial charge in [-0.1, -0.05) is 24.6 Å². The molecule has 0 saturated carbocycles. The van der Waals surface area contributed by atoms with Crippen LogP contribution in [0.25, 0.3) is 0 Å². The highest BCUT2D eigenvalue weighted by atomic mass is 32.1. The zero-order chi connectivity index (χ0) is 19.3. The van der Waals surface area contributed by atoms with Crippen molar-refractivity contribution in [3.05, 3.63) is 51.7 Å². The summed E-state index contributed by atoms with van der Waals surface area (Å²) in [5.74, 6) is 0.127. The predicted octanol–water partition coefficient (Wildman–Crippen LogP) is 4.02. The molecule has 3 heterocycles. The van der Waals surface area contributed by atoms with Crippen molar-refractivity contribution in [3.8, 4) is 0 Å². The van der Waals surface area contributed by atoms with Crippen molar-refractivity contribution >= 4 is 22.9 Å². The lowest BCUT2D eigenvalue weighted by molar-refractivity contribution is -0.120. The molecule has 5 heteroatoms. The zero-order valence-corrected chi connectivity index (χ0v) is 17.6. The largest absolute Gasteiger partial charge is 0.374 e. The number of piperidine rings is 1. The number of carbonyl (C=O) groups excluding carboxylic acids is 1. The lowest BCUT2D eigenvalue weighted by atomic mass is 9.95. The van der Waals surface area contributed by atoms with Crippen molar-refractivity contribution in [1.29, 1.82) is 0 Å². The van der Waals surface area contributed by atoms with E-state index in [0.29, 0.717) is 13.0 Å². The van der Waals surface area contributed by atoms with Gasteiger partial charge in [0.15, 0.2) is 0 Å². The number of hydrogen-bond acceptors (Lipinski definition) is 4. The SMILES string of the molecule is CN1CCCc2cc(C(CNC(=O)Cc3cccs3)N3CCCCC3)ccc21. The van der Waals surface area contributed by atoms with Gasteiger partial charge in [-0.15, -0.1) is 11.3 Å². The maximum Gasteiger partial charge on any atom is 0.225 e. The molecule has 2 aliphatic rings. The Morgan fingerprint density at radius 1 is 1.14 bits per heavy atom. The summed E-state index contributed by atoms with van der Waals surface area (Å²) < 4.78 is 0. The summed E-state index contributed by atoms with van der Waals surface area (Å²) in [6.07, 6.45) is 6.70. The third-order valence-electron chi connectivity index (χ3n) is 6.08. The summed E-state index contributed by atoms with van der Waals surface area (Å²) in [6, 6.07) is 11.3. The van der Waals surface area contributed by atoms with Crippen LogP contribution in [0.4, 0.5) is 5.69 Å². The number of benzene rings is 1. The monoisotopic (exact) mass is 397 g/mol. The third kappa shape index (κ3) is 4.58. The molecular formula is C23H31N3OS. The molecule has 1 amide bonds. The van der Waals surface area contributed by atoms with E-state index >= 15 is 0 Å². The molecule has 1 aromatic heterocycles. The Labute approximate surface area is 172 Å². The molecule has 4 nitrogen and oxygen atoms in total. The molecule has 1 atom stereocenters. The lowest BCUT2D eigenvalue weighted by Gasteiger charge is -2.36. The van der Waals surface area contributed by atoms with Crippen LogP contribution in [0.3, 0.4) is 0 Å². The van der Waals surface area contributed by atoms with Crippen LogP contribution in [0.15, 0.2) is 35.7 Å². The number of fused-ring (bicyclic) bond motifs is 1. The molecule has 2 aliphatic heterocycles. The number of likely N-dealkylation sites (tertiary alicyclic amines) is 1. The van der Waals surface area contributed by atoms with Gasteiger partial charge in [0, 0.05) is 30.7 Å². The molecule has 1 aromatic carbocycles. The molecule has 0 bridgehead atoms. The summed E-state index contributed by atoms with van der Waals surface area (Å²) in [5.41, 5.74) is 4.18. The number of nitrogens with zero attached hydrogens (tertiary/aromatic N) is 2. The molecule has 1 saturated heterocycles.